The number of nitrogens with one attached hydrogen (secondary N) is 1. The van der Waals surface area contributed by atoms with Crippen molar-refractivity contribution in [2.45, 2.75) is 59.0 Å². The summed E-state index contributed by atoms with van der Waals surface area (Å²) in [5.74, 6) is 0.602. The summed E-state index contributed by atoms with van der Waals surface area (Å²) in [7, 11) is 0. The topological polar surface area (TPSA) is 94.3 Å². The largest absolute Gasteiger partial charge is 0.328 e. The van der Waals surface area contributed by atoms with Crippen LogP contribution in [0.5, 0.6) is 0 Å². The summed E-state index contributed by atoms with van der Waals surface area (Å²) in [6, 6.07) is 12.1. The van der Waals surface area contributed by atoms with Crippen molar-refractivity contribution >= 4 is 0 Å². The minimum atomic E-state index is 0.0534. The van der Waals surface area contributed by atoms with Gasteiger partial charge >= 0.3 is 5.69 Å². The number of tetrazole rings is 1. The first-order valence-electron chi connectivity index (χ1n) is 11.2. The molecule has 0 aliphatic rings. The maximum Gasteiger partial charge on any atom is 0.328 e. The molecule has 3 heterocycles. The molecule has 0 saturated heterocycles. The normalized spacial score (nSPS) is 12.2. The molecule has 4 aromatic rings. The number of aromatic nitrogens is 7. The lowest BCUT2D eigenvalue weighted by Crippen LogP contribution is -2.27. The molecular weight excluding hydrogens is 402 g/mol. The smallest absolute Gasteiger partial charge is 0.296 e. The van der Waals surface area contributed by atoms with E-state index in [0.29, 0.717) is 12.4 Å². The molecule has 1 aromatic carbocycles. The van der Waals surface area contributed by atoms with Crippen LogP contribution in [0.3, 0.4) is 0 Å². The predicted octanol–water partition coefficient (Wildman–Crippen LogP) is 4.25. The van der Waals surface area contributed by atoms with Crippen molar-refractivity contribution in [1.82, 2.24) is 34.7 Å². The lowest BCUT2D eigenvalue weighted by molar-refractivity contribution is 0.504. The first-order chi connectivity index (χ1) is 15.6. The highest BCUT2D eigenvalue weighted by Crippen LogP contribution is 2.28. The summed E-state index contributed by atoms with van der Waals surface area (Å²) in [5.41, 5.74) is 4.80. The number of hydrogen-bond donors (Lipinski definition) is 1. The first kappa shape index (κ1) is 21.7. The third-order valence-electron chi connectivity index (χ3n) is 5.91. The highest BCUT2D eigenvalue weighted by molar-refractivity contribution is 5.78. The van der Waals surface area contributed by atoms with E-state index in [1.165, 1.54) is 0 Å². The molecule has 3 aromatic heterocycles. The number of benzene rings is 1. The van der Waals surface area contributed by atoms with Gasteiger partial charge in [-0.05, 0) is 48.2 Å². The van der Waals surface area contributed by atoms with Gasteiger partial charge in [-0.3, -0.25) is 14.1 Å². The molecule has 1 N–H and O–H groups in total. The van der Waals surface area contributed by atoms with E-state index in [9.17, 15) is 4.79 Å². The Morgan fingerprint density at radius 1 is 1.09 bits per heavy atom. The van der Waals surface area contributed by atoms with Crippen molar-refractivity contribution in [3.05, 3.63) is 70.5 Å². The quantitative estimate of drug-likeness (QED) is 0.427. The van der Waals surface area contributed by atoms with Gasteiger partial charge in [0.1, 0.15) is 0 Å². The number of nitrogens with zero attached hydrogens (tertiary/aromatic N) is 6. The fourth-order valence-corrected chi connectivity index (χ4v) is 3.83. The van der Waals surface area contributed by atoms with Gasteiger partial charge in [0.2, 0.25) is 0 Å². The molecule has 32 heavy (non-hydrogen) atoms. The zero-order valence-corrected chi connectivity index (χ0v) is 18.8. The van der Waals surface area contributed by atoms with E-state index in [1.807, 2.05) is 57.9 Å². The van der Waals surface area contributed by atoms with Crippen LogP contribution in [0.2, 0.25) is 0 Å². The molecule has 0 aliphatic heterocycles. The van der Waals surface area contributed by atoms with E-state index < -0.39 is 0 Å². The van der Waals surface area contributed by atoms with Gasteiger partial charge in [-0.25, -0.2) is 9.89 Å². The van der Waals surface area contributed by atoms with Crippen LogP contribution in [0.15, 0.2) is 53.6 Å². The molecular formula is C24H29N7O. The lowest BCUT2D eigenvalue weighted by atomic mass is 10.0. The number of unbranched alkanes of at least 4 members (excludes halogenated alkanes) is 1. The predicted molar refractivity (Wildman–Crippen MR) is 124 cm³/mol. The minimum absolute atomic E-state index is 0.0534. The zero-order chi connectivity index (χ0) is 22.5. The lowest BCUT2D eigenvalue weighted by Gasteiger charge is -2.10. The number of H-pyrrole nitrogens is 1. The van der Waals surface area contributed by atoms with Crippen LogP contribution in [0, 0.1) is 0 Å². The Hall–Kier alpha value is -3.55. The van der Waals surface area contributed by atoms with Crippen molar-refractivity contribution in [1.29, 1.82) is 0 Å². The number of aromatic amines is 1. The van der Waals surface area contributed by atoms with Gasteiger partial charge in [0, 0.05) is 35.3 Å². The highest BCUT2D eigenvalue weighted by Gasteiger charge is 2.15. The van der Waals surface area contributed by atoms with Gasteiger partial charge in [-0.15, -0.1) is 5.10 Å². The molecule has 0 saturated carbocycles. The zero-order valence-electron chi connectivity index (χ0n) is 18.8. The molecule has 166 valence electrons. The van der Waals surface area contributed by atoms with E-state index in [1.54, 1.807) is 0 Å². The average Bonchev–Trinajstić information content (AvgIpc) is 3.47. The van der Waals surface area contributed by atoms with Gasteiger partial charge in [-0.1, -0.05) is 50.6 Å². The molecule has 8 heteroatoms. The summed E-state index contributed by atoms with van der Waals surface area (Å²) in [4.78, 5) is 17.8. The van der Waals surface area contributed by atoms with Gasteiger partial charge in [0.05, 0.1) is 12.2 Å². The molecule has 4 rings (SSSR count). The average molecular weight is 432 g/mol. The second kappa shape index (κ2) is 9.72. The molecule has 0 radical (unpaired) electrons. The van der Waals surface area contributed by atoms with E-state index in [0.717, 1.165) is 53.8 Å². The van der Waals surface area contributed by atoms with Crippen LogP contribution in [-0.2, 0) is 13.0 Å². The summed E-state index contributed by atoms with van der Waals surface area (Å²) < 4.78 is 3.76. The molecule has 8 nitrogen and oxygen atoms in total. The summed E-state index contributed by atoms with van der Waals surface area (Å²) in [6.07, 6.45) is 7.87. The van der Waals surface area contributed by atoms with Gasteiger partial charge in [0.15, 0.2) is 5.82 Å². The van der Waals surface area contributed by atoms with Crippen LogP contribution < -0.4 is 5.69 Å². The maximum absolute atomic E-state index is 13.1. The van der Waals surface area contributed by atoms with Crippen LogP contribution in [0.1, 0.15) is 57.3 Å². The minimum Gasteiger partial charge on any atom is -0.296 e. The van der Waals surface area contributed by atoms with Crippen molar-refractivity contribution in [2.24, 2.45) is 0 Å². The van der Waals surface area contributed by atoms with Crippen LogP contribution >= 0.6 is 0 Å². The van der Waals surface area contributed by atoms with Gasteiger partial charge in [-0.2, -0.15) is 0 Å². The second-order valence-electron chi connectivity index (χ2n) is 8.10. The van der Waals surface area contributed by atoms with Gasteiger partial charge in [0.25, 0.3) is 0 Å². The van der Waals surface area contributed by atoms with Gasteiger partial charge < -0.3 is 0 Å². The van der Waals surface area contributed by atoms with Crippen LogP contribution in [-0.4, -0.2) is 34.7 Å². The monoisotopic (exact) mass is 431 g/mol. The molecule has 0 spiro atoms. The molecule has 1 unspecified atom stereocenters. The Morgan fingerprint density at radius 2 is 1.91 bits per heavy atom. The van der Waals surface area contributed by atoms with E-state index in [-0.39, 0.29) is 11.7 Å². The molecule has 0 aliphatic carbocycles. The SMILES string of the molecule is CCCCc1cn(C(C)CC)c(=O)n1Cc1ccc(-c2ccccc2-c2nnn[nH]2)nc1. The Balaban J connectivity index is 1.63. The maximum atomic E-state index is 13.1. The Morgan fingerprint density at radius 3 is 2.56 bits per heavy atom. The molecule has 0 bridgehead atoms. The first-order valence-corrected chi connectivity index (χ1v) is 11.2. The van der Waals surface area contributed by atoms with E-state index in [4.69, 9.17) is 4.98 Å². The summed E-state index contributed by atoms with van der Waals surface area (Å²) in [5, 5.41) is 14.2. The molecule has 0 amide bonds. The Kier molecular flexibility index (Phi) is 6.58. The van der Waals surface area contributed by atoms with Crippen molar-refractivity contribution in [3.63, 3.8) is 0 Å². The second-order valence-corrected chi connectivity index (χ2v) is 8.10. The number of aryl methyl sites for hydroxylation is 1. The van der Waals surface area contributed by atoms with Crippen LogP contribution in [0.4, 0.5) is 0 Å². The standard InChI is InChI=1S/C24H29N7O/c1-4-6-9-19-16-30(17(3)5-2)24(32)31(19)15-18-12-13-22(25-14-18)20-10-7-8-11-21(20)23-26-28-29-27-23/h7-8,10-14,16-17H,4-6,9,15H2,1-3H3,(H,26,27,28,29). The summed E-state index contributed by atoms with van der Waals surface area (Å²) >= 11 is 0. The van der Waals surface area contributed by atoms with E-state index >= 15 is 0 Å². The Bertz CT molecular complexity index is 1210. The Labute approximate surface area is 187 Å². The van der Waals surface area contributed by atoms with E-state index in [2.05, 4.69) is 41.4 Å². The fourth-order valence-electron chi connectivity index (χ4n) is 3.83. The number of imidazole rings is 1. The highest BCUT2D eigenvalue weighted by atomic mass is 16.1. The fraction of sp³-hybridized carbons (Fsp3) is 0.375. The molecule has 0 fully saturated rings. The third-order valence-corrected chi connectivity index (χ3v) is 5.91. The summed E-state index contributed by atoms with van der Waals surface area (Å²) in [6.45, 7) is 6.88. The molecule has 1 atom stereocenters. The van der Waals surface area contributed by atoms with Crippen molar-refractivity contribution in [2.75, 3.05) is 0 Å². The third kappa shape index (κ3) is 4.39. The van der Waals surface area contributed by atoms with Crippen LogP contribution in [0.25, 0.3) is 22.6 Å². The number of pyridine rings is 1. The van der Waals surface area contributed by atoms with Crippen molar-refractivity contribution in [3.8, 4) is 22.6 Å². The number of rotatable bonds is 9. The number of hydrogen-bond acceptors (Lipinski definition) is 5. The van der Waals surface area contributed by atoms with Crippen molar-refractivity contribution < 1.29 is 0 Å².